The van der Waals surface area contributed by atoms with Gasteiger partial charge < -0.3 is 15.4 Å². The Morgan fingerprint density at radius 2 is 2.26 bits per heavy atom. The van der Waals surface area contributed by atoms with Gasteiger partial charge in [-0.3, -0.25) is 4.79 Å². The lowest BCUT2D eigenvalue weighted by Gasteiger charge is -2.10. The second-order valence-electron chi connectivity index (χ2n) is 4.29. The molecule has 2 N–H and O–H groups in total. The predicted molar refractivity (Wildman–Crippen MR) is 82.1 cm³/mol. The normalized spacial score (nSPS) is 11.9. The van der Waals surface area contributed by atoms with Crippen LogP contribution in [0.5, 0.6) is 5.75 Å². The van der Waals surface area contributed by atoms with Gasteiger partial charge in [0.1, 0.15) is 5.75 Å². The van der Waals surface area contributed by atoms with Crippen LogP contribution in [0.1, 0.15) is 13.3 Å². The number of ether oxygens (including phenoxy) is 1. The molecule has 1 aromatic rings. The zero-order chi connectivity index (χ0) is 14.1. The van der Waals surface area contributed by atoms with Gasteiger partial charge in [0.2, 0.25) is 5.91 Å². The number of rotatable bonds is 8. The van der Waals surface area contributed by atoms with E-state index in [2.05, 4.69) is 23.8 Å². The maximum atomic E-state index is 11.7. The van der Waals surface area contributed by atoms with E-state index in [1.165, 1.54) is 0 Å². The van der Waals surface area contributed by atoms with Crippen molar-refractivity contribution >= 4 is 23.4 Å². The Morgan fingerprint density at radius 3 is 2.95 bits per heavy atom. The number of benzene rings is 1. The molecule has 0 aliphatic carbocycles. The molecule has 0 saturated heterocycles. The summed E-state index contributed by atoms with van der Waals surface area (Å²) in [5.41, 5.74) is 0.753. The first kappa shape index (κ1) is 15.9. The molecule has 0 aromatic heterocycles. The minimum absolute atomic E-state index is 0.0370. The minimum Gasteiger partial charge on any atom is -0.497 e. The van der Waals surface area contributed by atoms with Crippen molar-refractivity contribution in [1.29, 1.82) is 0 Å². The number of nitrogens with one attached hydrogen (secondary N) is 2. The average Bonchev–Trinajstić information content (AvgIpc) is 2.43. The Balaban J connectivity index is 2.27. The van der Waals surface area contributed by atoms with Gasteiger partial charge in [0, 0.05) is 17.0 Å². The number of hydrogen-bond donors (Lipinski definition) is 2. The minimum atomic E-state index is -0.0370. The van der Waals surface area contributed by atoms with Crippen LogP contribution in [0.25, 0.3) is 0 Å². The fraction of sp³-hybridized carbons (Fsp3) is 0.500. The Hall–Kier alpha value is -1.20. The molecule has 0 saturated carbocycles. The average molecular weight is 282 g/mol. The van der Waals surface area contributed by atoms with Crippen LogP contribution >= 0.6 is 11.8 Å². The van der Waals surface area contributed by atoms with Crippen LogP contribution in [-0.2, 0) is 4.79 Å². The third-order valence-corrected chi connectivity index (χ3v) is 3.81. The van der Waals surface area contributed by atoms with Crippen molar-refractivity contribution < 1.29 is 9.53 Å². The second-order valence-corrected chi connectivity index (χ2v) is 5.57. The van der Waals surface area contributed by atoms with Gasteiger partial charge in [0.15, 0.2) is 0 Å². The van der Waals surface area contributed by atoms with E-state index >= 15 is 0 Å². The highest BCUT2D eigenvalue weighted by Crippen LogP contribution is 2.16. The molecule has 0 spiro atoms. The summed E-state index contributed by atoms with van der Waals surface area (Å²) < 4.78 is 5.10. The van der Waals surface area contributed by atoms with Crippen molar-refractivity contribution in [2.45, 2.75) is 18.6 Å². The van der Waals surface area contributed by atoms with Crippen LogP contribution in [0.2, 0.25) is 0 Å². The molecule has 1 aromatic carbocycles. The van der Waals surface area contributed by atoms with Crippen molar-refractivity contribution in [3.8, 4) is 5.75 Å². The van der Waals surface area contributed by atoms with Gasteiger partial charge in [-0.2, -0.15) is 11.8 Å². The molecule has 4 nitrogen and oxygen atoms in total. The molecule has 1 amide bonds. The lowest BCUT2D eigenvalue weighted by Crippen LogP contribution is -2.29. The zero-order valence-corrected chi connectivity index (χ0v) is 12.5. The number of thioether (sulfide) groups is 1. The summed E-state index contributed by atoms with van der Waals surface area (Å²) in [6.45, 7) is 3.37. The van der Waals surface area contributed by atoms with Gasteiger partial charge in [0.05, 0.1) is 13.7 Å². The van der Waals surface area contributed by atoms with Gasteiger partial charge in [-0.1, -0.05) is 13.0 Å². The van der Waals surface area contributed by atoms with Crippen LogP contribution < -0.4 is 15.4 Å². The van der Waals surface area contributed by atoms with E-state index < -0.39 is 0 Å². The van der Waals surface area contributed by atoms with Crippen molar-refractivity contribution in [2.75, 3.05) is 31.8 Å². The highest BCUT2D eigenvalue weighted by molar-refractivity contribution is 7.99. The molecule has 5 heteroatoms. The van der Waals surface area contributed by atoms with Crippen molar-refractivity contribution in [1.82, 2.24) is 5.32 Å². The molecule has 0 aliphatic rings. The van der Waals surface area contributed by atoms with E-state index in [4.69, 9.17) is 4.74 Å². The topological polar surface area (TPSA) is 50.4 Å². The summed E-state index contributed by atoms with van der Waals surface area (Å²) >= 11 is 1.84. The van der Waals surface area contributed by atoms with E-state index in [0.717, 1.165) is 24.4 Å². The molecule has 1 atom stereocenters. The molecular weight excluding hydrogens is 260 g/mol. The first-order valence-electron chi connectivity index (χ1n) is 6.33. The van der Waals surface area contributed by atoms with Crippen LogP contribution in [0.3, 0.4) is 0 Å². The Morgan fingerprint density at radius 1 is 1.47 bits per heavy atom. The lowest BCUT2D eigenvalue weighted by atomic mass is 10.3. The molecular formula is C14H22N2O2S. The van der Waals surface area contributed by atoms with Crippen LogP contribution in [0.15, 0.2) is 24.3 Å². The molecule has 0 radical (unpaired) electrons. The largest absolute Gasteiger partial charge is 0.497 e. The highest BCUT2D eigenvalue weighted by atomic mass is 32.2. The monoisotopic (exact) mass is 282 g/mol. The Kier molecular flexibility index (Phi) is 7.36. The Bertz CT molecular complexity index is 399. The summed E-state index contributed by atoms with van der Waals surface area (Å²) in [6, 6.07) is 7.34. The van der Waals surface area contributed by atoms with Gasteiger partial charge in [-0.05, 0) is 31.4 Å². The summed E-state index contributed by atoms with van der Waals surface area (Å²) in [5.74, 6) is 0.699. The first-order valence-corrected chi connectivity index (χ1v) is 7.62. The van der Waals surface area contributed by atoms with Crippen molar-refractivity contribution in [3.05, 3.63) is 24.3 Å². The third kappa shape index (κ3) is 6.50. The number of amides is 1. The highest BCUT2D eigenvalue weighted by Gasteiger charge is 2.03. The second kappa shape index (κ2) is 8.82. The molecule has 19 heavy (non-hydrogen) atoms. The summed E-state index contributed by atoms with van der Waals surface area (Å²) in [4.78, 5) is 11.7. The number of carbonyl (C=O) groups is 1. The van der Waals surface area contributed by atoms with Gasteiger partial charge in [0.25, 0.3) is 0 Å². The molecule has 0 bridgehead atoms. The van der Waals surface area contributed by atoms with E-state index in [9.17, 15) is 4.79 Å². The predicted octanol–water partition coefficient (Wildman–Crippen LogP) is 2.36. The molecule has 1 rings (SSSR count). The molecule has 1 unspecified atom stereocenters. The molecule has 0 aliphatic heterocycles. The molecule has 0 heterocycles. The molecule has 0 fully saturated rings. The summed E-state index contributed by atoms with van der Waals surface area (Å²) in [7, 11) is 1.61. The SMILES string of the molecule is COc1cccc(NC(=O)CNCCC(C)SC)c1. The Labute approximate surface area is 119 Å². The third-order valence-electron chi connectivity index (χ3n) is 2.77. The van der Waals surface area contributed by atoms with Gasteiger partial charge in [-0.25, -0.2) is 0 Å². The standard InChI is InChI=1S/C14H22N2O2S/c1-11(19-3)7-8-15-10-14(17)16-12-5-4-6-13(9-12)18-2/h4-6,9,11,15H,7-8,10H2,1-3H3,(H,16,17). The van der Waals surface area contributed by atoms with Crippen LogP contribution in [-0.4, -0.2) is 37.6 Å². The van der Waals surface area contributed by atoms with Gasteiger partial charge >= 0.3 is 0 Å². The number of hydrogen-bond acceptors (Lipinski definition) is 4. The number of carbonyl (C=O) groups excluding carboxylic acids is 1. The van der Waals surface area contributed by atoms with E-state index in [-0.39, 0.29) is 5.91 Å². The van der Waals surface area contributed by atoms with Crippen LogP contribution in [0, 0.1) is 0 Å². The smallest absolute Gasteiger partial charge is 0.238 e. The van der Waals surface area contributed by atoms with E-state index in [0.29, 0.717) is 11.8 Å². The van der Waals surface area contributed by atoms with E-state index in [1.54, 1.807) is 13.2 Å². The number of anilines is 1. The van der Waals surface area contributed by atoms with Crippen molar-refractivity contribution in [3.63, 3.8) is 0 Å². The number of methoxy groups -OCH3 is 1. The van der Waals surface area contributed by atoms with E-state index in [1.807, 2.05) is 30.0 Å². The molecule has 106 valence electrons. The summed E-state index contributed by atoms with van der Waals surface area (Å²) in [6.07, 6.45) is 3.16. The summed E-state index contributed by atoms with van der Waals surface area (Å²) in [5, 5.41) is 6.59. The van der Waals surface area contributed by atoms with Crippen molar-refractivity contribution in [2.24, 2.45) is 0 Å². The van der Waals surface area contributed by atoms with Crippen LogP contribution in [0.4, 0.5) is 5.69 Å². The first-order chi connectivity index (χ1) is 9.15. The zero-order valence-electron chi connectivity index (χ0n) is 11.7. The maximum Gasteiger partial charge on any atom is 0.238 e. The fourth-order valence-electron chi connectivity index (χ4n) is 1.53. The quantitative estimate of drug-likeness (QED) is 0.719. The lowest BCUT2D eigenvalue weighted by molar-refractivity contribution is -0.115. The maximum absolute atomic E-state index is 11.7. The van der Waals surface area contributed by atoms with Gasteiger partial charge in [-0.15, -0.1) is 0 Å². The fourth-order valence-corrected chi connectivity index (χ4v) is 1.88.